The quantitative estimate of drug-likeness (QED) is 0.635. The van der Waals surface area contributed by atoms with Crippen LogP contribution >= 0.6 is 0 Å². The van der Waals surface area contributed by atoms with Crippen LogP contribution in [0.1, 0.15) is 33.1 Å². The molecule has 0 bridgehead atoms. The molecular formula is C14H18N2O3S. The second kappa shape index (κ2) is 5.87. The summed E-state index contributed by atoms with van der Waals surface area (Å²) in [4.78, 5) is 13.9. The van der Waals surface area contributed by atoms with Gasteiger partial charge in [-0.1, -0.05) is 6.42 Å². The number of isocyanates is 1. The SMILES string of the molecule is CC1CCCC(C)N1S(=O)(=O)c1ccc(N=C=O)cc1. The minimum atomic E-state index is -3.50. The number of hydrogen-bond donors (Lipinski definition) is 0. The van der Waals surface area contributed by atoms with Crippen LogP contribution in [0.15, 0.2) is 34.2 Å². The van der Waals surface area contributed by atoms with Crippen LogP contribution in [-0.2, 0) is 14.8 Å². The second-order valence-corrected chi connectivity index (χ2v) is 7.00. The van der Waals surface area contributed by atoms with Crippen molar-refractivity contribution in [1.82, 2.24) is 4.31 Å². The average molecular weight is 294 g/mol. The fraction of sp³-hybridized carbons (Fsp3) is 0.500. The summed E-state index contributed by atoms with van der Waals surface area (Å²) in [6, 6.07) is 6.01. The number of sulfonamides is 1. The third kappa shape index (κ3) is 2.82. The molecular weight excluding hydrogens is 276 g/mol. The second-order valence-electron chi connectivity index (χ2n) is 5.16. The first kappa shape index (κ1) is 14.9. The average Bonchev–Trinajstić information content (AvgIpc) is 2.39. The monoisotopic (exact) mass is 294 g/mol. The predicted octanol–water partition coefficient (Wildman–Crippen LogP) is 2.61. The summed E-state index contributed by atoms with van der Waals surface area (Å²) >= 11 is 0. The van der Waals surface area contributed by atoms with Crippen LogP contribution in [0.3, 0.4) is 0 Å². The largest absolute Gasteiger partial charge is 0.243 e. The minimum absolute atomic E-state index is 0.0106. The highest BCUT2D eigenvalue weighted by Gasteiger charge is 2.35. The molecule has 0 saturated carbocycles. The van der Waals surface area contributed by atoms with Crippen molar-refractivity contribution >= 4 is 21.8 Å². The summed E-state index contributed by atoms with van der Waals surface area (Å²) in [6.07, 6.45) is 4.26. The van der Waals surface area contributed by atoms with Crippen LogP contribution in [-0.4, -0.2) is 30.9 Å². The molecule has 0 spiro atoms. The smallest absolute Gasteiger partial charge is 0.211 e. The molecule has 108 valence electrons. The van der Waals surface area contributed by atoms with E-state index in [1.807, 2.05) is 13.8 Å². The minimum Gasteiger partial charge on any atom is -0.211 e. The van der Waals surface area contributed by atoms with E-state index in [0.29, 0.717) is 5.69 Å². The summed E-state index contributed by atoms with van der Waals surface area (Å²) in [5.41, 5.74) is 0.402. The summed E-state index contributed by atoms with van der Waals surface area (Å²) < 4.78 is 27.0. The van der Waals surface area contributed by atoms with Crippen molar-refractivity contribution in [2.45, 2.75) is 50.1 Å². The lowest BCUT2D eigenvalue weighted by Crippen LogP contribution is -2.47. The topological polar surface area (TPSA) is 66.8 Å². The number of hydrogen-bond acceptors (Lipinski definition) is 4. The molecule has 0 amide bonds. The Labute approximate surface area is 119 Å². The van der Waals surface area contributed by atoms with Crippen molar-refractivity contribution in [3.8, 4) is 0 Å². The molecule has 1 heterocycles. The lowest BCUT2D eigenvalue weighted by atomic mass is 10.0. The standard InChI is InChI=1S/C14H18N2O3S/c1-11-4-3-5-12(2)16(11)20(18,19)14-8-6-13(7-9-14)15-10-17/h6-9,11-12H,3-5H2,1-2H3. The van der Waals surface area contributed by atoms with Crippen molar-refractivity contribution in [2.75, 3.05) is 0 Å². The Morgan fingerprint density at radius 1 is 1.15 bits per heavy atom. The molecule has 20 heavy (non-hydrogen) atoms. The molecule has 1 fully saturated rings. The maximum Gasteiger partial charge on any atom is 0.243 e. The number of nitrogens with zero attached hydrogens (tertiary/aromatic N) is 2. The summed E-state index contributed by atoms with van der Waals surface area (Å²) in [5, 5.41) is 0. The first-order valence-electron chi connectivity index (χ1n) is 6.68. The first-order chi connectivity index (χ1) is 9.46. The van der Waals surface area contributed by atoms with Crippen molar-refractivity contribution in [3.05, 3.63) is 24.3 Å². The van der Waals surface area contributed by atoms with Gasteiger partial charge < -0.3 is 0 Å². The first-order valence-corrected chi connectivity index (χ1v) is 8.12. The number of carbonyl (C=O) groups excluding carboxylic acids is 1. The molecule has 0 radical (unpaired) electrons. The van der Waals surface area contributed by atoms with Gasteiger partial charge in [0.1, 0.15) is 0 Å². The van der Waals surface area contributed by atoms with Crippen LogP contribution in [0.4, 0.5) is 5.69 Å². The van der Waals surface area contributed by atoms with Crippen LogP contribution < -0.4 is 0 Å². The Kier molecular flexibility index (Phi) is 4.38. The molecule has 1 aliphatic heterocycles. The molecule has 0 aliphatic carbocycles. The van der Waals surface area contributed by atoms with Gasteiger partial charge in [0.15, 0.2) is 0 Å². The Hall–Kier alpha value is -1.49. The Bertz CT molecular complexity index is 608. The van der Waals surface area contributed by atoms with E-state index in [0.717, 1.165) is 19.3 Å². The zero-order valence-corrected chi connectivity index (χ0v) is 12.4. The van der Waals surface area contributed by atoms with E-state index in [1.54, 1.807) is 4.31 Å². The zero-order valence-electron chi connectivity index (χ0n) is 11.6. The van der Waals surface area contributed by atoms with Crippen molar-refractivity contribution in [2.24, 2.45) is 4.99 Å². The van der Waals surface area contributed by atoms with Gasteiger partial charge in [-0.05, 0) is 51.0 Å². The molecule has 1 saturated heterocycles. The Morgan fingerprint density at radius 2 is 1.70 bits per heavy atom. The van der Waals surface area contributed by atoms with Crippen LogP contribution in [0, 0.1) is 0 Å². The molecule has 2 unspecified atom stereocenters. The van der Waals surface area contributed by atoms with Gasteiger partial charge in [-0.2, -0.15) is 9.30 Å². The van der Waals surface area contributed by atoms with Crippen LogP contribution in [0.2, 0.25) is 0 Å². The Morgan fingerprint density at radius 3 is 2.20 bits per heavy atom. The number of rotatable bonds is 3. The highest BCUT2D eigenvalue weighted by Crippen LogP contribution is 2.30. The normalized spacial score (nSPS) is 24.1. The lowest BCUT2D eigenvalue weighted by molar-refractivity contribution is 0.204. The molecule has 0 N–H and O–H groups in total. The van der Waals surface area contributed by atoms with Crippen molar-refractivity contribution in [3.63, 3.8) is 0 Å². The lowest BCUT2D eigenvalue weighted by Gasteiger charge is -2.37. The van der Waals surface area contributed by atoms with E-state index >= 15 is 0 Å². The fourth-order valence-corrected chi connectivity index (χ4v) is 4.62. The van der Waals surface area contributed by atoms with Gasteiger partial charge in [-0.25, -0.2) is 13.2 Å². The molecule has 1 aromatic carbocycles. The van der Waals surface area contributed by atoms with Gasteiger partial charge >= 0.3 is 0 Å². The highest BCUT2D eigenvalue weighted by atomic mass is 32.2. The van der Waals surface area contributed by atoms with Crippen LogP contribution in [0.25, 0.3) is 0 Å². The summed E-state index contributed by atoms with van der Waals surface area (Å²) in [6.45, 7) is 3.89. The van der Waals surface area contributed by atoms with E-state index in [-0.39, 0.29) is 17.0 Å². The molecule has 1 aliphatic rings. The van der Waals surface area contributed by atoms with Crippen LogP contribution in [0.5, 0.6) is 0 Å². The number of aliphatic imine (C=N–C) groups is 1. The van der Waals surface area contributed by atoms with E-state index in [9.17, 15) is 13.2 Å². The third-order valence-corrected chi connectivity index (χ3v) is 5.84. The molecule has 1 aromatic rings. The van der Waals surface area contributed by atoms with E-state index in [4.69, 9.17) is 0 Å². The summed E-state index contributed by atoms with van der Waals surface area (Å²) in [5.74, 6) is 0. The molecule has 5 nitrogen and oxygen atoms in total. The molecule has 2 rings (SSSR count). The van der Waals surface area contributed by atoms with Crippen molar-refractivity contribution < 1.29 is 13.2 Å². The van der Waals surface area contributed by atoms with Gasteiger partial charge in [0.05, 0.1) is 10.6 Å². The third-order valence-electron chi connectivity index (χ3n) is 3.70. The van der Waals surface area contributed by atoms with Gasteiger partial charge in [-0.15, -0.1) is 0 Å². The maximum absolute atomic E-state index is 12.7. The fourth-order valence-electron chi connectivity index (χ4n) is 2.74. The molecule has 2 atom stereocenters. The van der Waals surface area contributed by atoms with E-state index in [2.05, 4.69) is 4.99 Å². The van der Waals surface area contributed by atoms with Gasteiger partial charge in [-0.3, -0.25) is 0 Å². The zero-order chi connectivity index (χ0) is 14.8. The summed E-state index contributed by atoms with van der Waals surface area (Å²) in [7, 11) is -3.50. The predicted molar refractivity (Wildman–Crippen MR) is 76.0 cm³/mol. The van der Waals surface area contributed by atoms with Gasteiger partial charge in [0.25, 0.3) is 0 Å². The maximum atomic E-state index is 12.7. The number of piperidine rings is 1. The van der Waals surface area contributed by atoms with Gasteiger partial charge in [0.2, 0.25) is 16.1 Å². The number of benzene rings is 1. The molecule has 6 heteroatoms. The van der Waals surface area contributed by atoms with E-state index in [1.165, 1.54) is 30.3 Å². The van der Waals surface area contributed by atoms with Crippen molar-refractivity contribution in [1.29, 1.82) is 0 Å². The van der Waals surface area contributed by atoms with E-state index < -0.39 is 10.0 Å². The Balaban J connectivity index is 2.36. The van der Waals surface area contributed by atoms with Gasteiger partial charge in [0, 0.05) is 12.1 Å². The highest BCUT2D eigenvalue weighted by molar-refractivity contribution is 7.89. The molecule has 0 aromatic heterocycles.